The number of benzene rings is 4. The molecule has 0 atom stereocenters. The van der Waals surface area contributed by atoms with Crippen LogP contribution in [0.2, 0.25) is 0 Å². The molecule has 0 heterocycles. The molecule has 0 aliphatic carbocycles. The van der Waals surface area contributed by atoms with Gasteiger partial charge in [0.2, 0.25) is 0 Å². The fourth-order valence-corrected chi connectivity index (χ4v) is 3.66. The molecule has 4 rings (SSSR count). The third-order valence-corrected chi connectivity index (χ3v) is 5.43. The van der Waals surface area contributed by atoms with Crippen molar-refractivity contribution in [2.45, 2.75) is 19.7 Å². The maximum Gasteiger partial charge on any atom is 0.254 e. The average Bonchev–Trinajstić information content (AvgIpc) is 2.89. The summed E-state index contributed by atoms with van der Waals surface area (Å²) in [7, 11) is 1.58. The van der Waals surface area contributed by atoms with E-state index in [2.05, 4.69) is 0 Å². The lowest BCUT2D eigenvalue weighted by molar-refractivity contribution is 0.0730. The second-order valence-corrected chi connectivity index (χ2v) is 7.91. The minimum atomic E-state index is -0.282. The minimum Gasteiger partial charge on any atom is -0.493 e. The topological polar surface area (TPSA) is 38.8 Å². The summed E-state index contributed by atoms with van der Waals surface area (Å²) in [6, 6.07) is 31.0. The van der Waals surface area contributed by atoms with E-state index in [4.69, 9.17) is 9.47 Å². The van der Waals surface area contributed by atoms with Crippen LogP contribution < -0.4 is 9.47 Å². The number of halogens is 1. The molecule has 4 nitrogen and oxygen atoms in total. The number of carbonyl (C=O) groups excluding carboxylic acids is 1. The summed E-state index contributed by atoms with van der Waals surface area (Å²) in [5, 5.41) is 0. The summed E-state index contributed by atoms with van der Waals surface area (Å²) in [4.78, 5) is 15.1. The van der Waals surface area contributed by atoms with Crippen molar-refractivity contribution in [1.29, 1.82) is 0 Å². The number of carbonyl (C=O) groups is 1. The molecule has 1 amide bonds. The van der Waals surface area contributed by atoms with Crippen LogP contribution in [0.1, 0.15) is 27.0 Å². The van der Waals surface area contributed by atoms with E-state index in [-0.39, 0.29) is 11.7 Å². The van der Waals surface area contributed by atoms with Gasteiger partial charge in [-0.05, 0) is 53.1 Å². The highest BCUT2D eigenvalue weighted by atomic mass is 19.1. The Kier molecular flexibility index (Phi) is 7.56. The Morgan fingerprint density at radius 2 is 1.35 bits per heavy atom. The standard InChI is InChI=1S/C29H26FNO3/c1-33-28-18-24(14-17-27(28)34-21-23-12-15-26(30)16-13-23)20-31(19-22-8-4-2-5-9-22)29(32)25-10-6-3-7-11-25/h2-18H,19-21H2,1H3. The quantitative estimate of drug-likeness (QED) is 0.299. The monoisotopic (exact) mass is 455 g/mol. The molecule has 0 radical (unpaired) electrons. The van der Waals surface area contributed by atoms with Gasteiger partial charge in [-0.1, -0.05) is 66.7 Å². The maximum atomic E-state index is 13.3. The molecular weight excluding hydrogens is 429 g/mol. The Morgan fingerprint density at radius 3 is 2.03 bits per heavy atom. The van der Waals surface area contributed by atoms with Crippen molar-refractivity contribution in [3.8, 4) is 11.5 Å². The molecule has 0 N–H and O–H groups in total. The van der Waals surface area contributed by atoms with Crippen molar-refractivity contribution in [1.82, 2.24) is 4.90 Å². The van der Waals surface area contributed by atoms with Crippen LogP contribution in [0, 0.1) is 5.82 Å². The highest BCUT2D eigenvalue weighted by Gasteiger charge is 2.18. The summed E-state index contributed by atoms with van der Waals surface area (Å²) in [6.07, 6.45) is 0. The van der Waals surface area contributed by atoms with Crippen LogP contribution in [0.5, 0.6) is 11.5 Å². The summed E-state index contributed by atoms with van der Waals surface area (Å²) >= 11 is 0. The molecular formula is C29H26FNO3. The molecule has 0 aliphatic rings. The van der Waals surface area contributed by atoms with E-state index in [0.29, 0.717) is 36.8 Å². The van der Waals surface area contributed by atoms with E-state index in [0.717, 1.165) is 16.7 Å². The number of methoxy groups -OCH3 is 1. The first-order valence-corrected chi connectivity index (χ1v) is 11.0. The highest BCUT2D eigenvalue weighted by Crippen LogP contribution is 2.30. The maximum absolute atomic E-state index is 13.3. The van der Waals surface area contributed by atoms with Crippen molar-refractivity contribution in [2.75, 3.05) is 7.11 Å². The number of rotatable bonds is 9. The van der Waals surface area contributed by atoms with E-state index >= 15 is 0 Å². The van der Waals surface area contributed by atoms with Gasteiger partial charge in [0.15, 0.2) is 11.5 Å². The molecule has 0 saturated heterocycles. The molecule has 34 heavy (non-hydrogen) atoms. The molecule has 4 aromatic carbocycles. The van der Waals surface area contributed by atoms with E-state index in [1.807, 2.05) is 83.8 Å². The van der Waals surface area contributed by atoms with Gasteiger partial charge in [0, 0.05) is 18.7 Å². The van der Waals surface area contributed by atoms with E-state index in [1.165, 1.54) is 12.1 Å². The van der Waals surface area contributed by atoms with Crippen LogP contribution in [0.15, 0.2) is 103 Å². The lowest BCUT2D eigenvalue weighted by Crippen LogP contribution is -2.30. The van der Waals surface area contributed by atoms with Gasteiger partial charge in [0.1, 0.15) is 12.4 Å². The van der Waals surface area contributed by atoms with Gasteiger partial charge in [-0.25, -0.2) is 4.39 Å². The Bertz CT molecular complexity index is 1210. The van der Waals surface area contributed by atoms with Crippen LogP contribution in [0.4, 0.5) is 4.39 Å². The summed E-state index contributed by atoms with van der Waals surface area (Å²) < 4.78 is 24.6. The van der Waals surface area contributed by atoms with Gasteiger partial charge in [-0.15, -0.1) is 0 Å². The van der Waals surface area contributed by atoms with Crippen LogP contribution in [0.25, 0.3) is 0 Å². The van der Waals surface area contributed by atoms with Gasteiger partial charge >= 0.3 is 0 Å². The van der Waals surface area contributed by atoms with E-state index in [9.17, 15) is 9.18 Å². The third-order valence-electron chi connectivity index (χ3n) is 5.43. The number of amides is 1. The average molecular weight is 456 g/mol. The Labute approximate surface area is 199 Å². The van der Waals surface area contributed by atoms with Gasteiger partial charge in [0.05, 0.1) is 7.11 Å². The van der Waals surface area contributed by atoms with Crippen LogP contribution >= 0.6 is 0 Å². The summed E-state index contributed by atoms with van der Waals surface area (Å²) in [6.45, 7) is 1.19. The van der Waals surface area contributed by atoms with Gasteiger partial charge in [0.25, 0.3) is 5.91 Å². The third kappa shape index (κ3) is 6.01. The zero-order valence-electron chi connectivity index (χ0n) is 19.0. The second-order valence-electron chi connectivity index (χ2n) is 7.91. The molecule has 0 spiro atoms. The first kappa shape index (κ1) is 23.1. The molecule has 0 fully saturated rings. The number of hydrogen-bond donors (Lipinski definition) is 0. The molecule has 0 aromatic heterocycles. The molecule has 0 saturated carbocycles. The lowest BCUT2D eigenvalue weighted by Gasteiger charge is -2.24. The van der Waals surface area contributed by atoms with Crippen molar-refractivity contribution in [3.63, 3.8) is 0 Å². The fourth-order valence-electron chi connectivity index (χ4n) is 3.66. The molecule has 5 heteroatoms. The number of hydrogen-bond acceptors (Lipinski definition) is 3. The van der Waals surface area contributed by atoms with Crippen molar-refractivity contribution >= 4 is 5.91 Å². The normalized spacial score (nSPS) is 10.5. The molecule has 172 valence electrons. The molecule has 0 unspecified atom stereocenters. The molecule has 0 aliphatic heterocycles. The smallest absolute Gasteiger partial charge is 0.254 e. The first-order chi connectivity index (χ1) is 16.6. The summed E-state index contributed by atoms with van der Waals surface area (Å²) in [5.41, 5.74) is 3.48. The minimum absolute atomic E-state index is 0.0416. The van der Waals surface area contributed by atoms with Crippen LogP contribution in [-0.2, 0) is 19.7 Å². The Balaban J connectivity index is 1.52. The van der Waals surface area contributed by atoms with Gasteiger partial charge < -0.3 is 14.4 Å². The van der Waals surface area contributed by atoms with Crippen molar-refractivity contribution < 1.29 is 18.7 Å². The predicted molar refractivity (Wildman–Crippen MR) is 130 cm³/mol. The van der Waals surface area contributed by atoms with Crippen LogP contribution in [-0.4, -0.2) is 17.9 Å². The zero-order chi connectivity index (χ0) is 23.8. The van der Waals surface area contributed by atoms with Gasteiger partial charge in [-0.2, -0.15) is 0 Å². The number of ether oxygens (including phenoxy) is 2. The van der Waals surface area contributed by atoms with Gasteiger partial charge in [-0.3, -0.25) is 4.79 Å². The lowest BCUT2D eigenvalue weighted by atomic mass is 10.1. The zero-order valence-corrected chi connectivity index (χ0v) is 19.0. The van der Waals surface area contributed by atoms with Crippen molar-refractivity contribution in [2.24, 2.45) is 0 Å². The Morgan fingerprint density at radius 1 is 0.735 bits per heavy atom. The van der Waals surface area contributed by atoms with Crippen LogP contribution in [0.3, 0.4) is 0 Å². The predicted octanol–water partition coefficient (Wildman–Crippen LogP) is 6.26. The Hall–Kier alpha value is -4.12. The number of nitrogens with zero attached hydrogens (tertiary/aromatic N) is 1. The van der Waals surface area contributed by atoms with Crippen molar-refractivity contribution in [3.05, 3.63) is 131 Å². The summed E-state index contributed by atoms with van der Waals surface area (Å²) in [5.74, 6) is 0.835. The van der Waals surface area contributed by atoms with E-state index < -0.39 is 0 Å². The fraction of sp³-hybridized carbons (Fsp3) is 0.138. The highest BCUT2D eigenvalue weighted by molar-refractivity contribution is 5.94. The second kappa shape index (κ2) is 11.1. The SMILES string of the molecule is COc1cc(CN(Cc2ccccc2)C(=O)c2ccccc2)ccc1OCc1ccc(F)cc1. The molecule has 0 bridgehead atoms. The first-order valence-electron chi connectivity index (χ1n) is 11.0. The van der Waals surface area contributed by atoms with E-state index in [1.54, 1.807) is 19.2 Å². The molecule has 4 aromatic rings. The largest absolute Gasteiger partial charge is 0.493 e.